The molecule has 0 saturated heterocycles. The van der Waals surface area contributed by atoms with E-state index in [0.717, 1.165) is 50.7 Å². The average Bonchev–Trinajstić information content (AvgIpc) is 0.755. The Balaban J connectivity index is 0.982. The van der Waals surface area contributed by atoms with E-state index in [1.807, 2.05) is 11.3 Å². The molecular weight excluding hydrogens is 1320 g/mol. The van der Waals surface area contributed by atoms with Crippen molar-refractivity contribution in [3.8, 4) is 89.0 Å². The van der Waals surface area contributed by atoms with Crippen LogP contribution in [-0.2, 0) is 16.2 Å². The van der Waals surface area contributed by atoms with Gasteiger partial charge in [0.15, 0.2) is 0 Å². The quantitative estimate of drug-likeness (QED) is 0.0995. The van der Waals surface area contributed by atoms with Crippen molar-refractivity contribution in [2.45, 2.75) is 78.6 Å². The van der Waals surface area contributed by atoms with Gasteiger partial charge in [-0.2, -0.15) is 0 Å². The predicted octanol–water partition coefficient (Wildman–Crippen LogP) is 27.7. The highest BCUT2D eigenvalue weighted by molar-refractivity contribution is 7.26. The van der Waals surface area contributed by atoms with Crippen LogP contribution >= 0.6 is 11.3 Å². The van der Waals surface area contributed by atoms with E-state index in [1.54, 1.807) is 0 Å². The Morgan fingerprint density at radius 2 is 0.620 bits per heavy atom. The van der Waals surface area contributed by atoms with Crippen LogP contribution in [0, 0.1) is 0 Å². The van der Waals surface area contributed by atoms with Gasteiger partial charge in [0.2, 0.25) is 0 Å². The average molecular weight is 1400 g/mol. The van der Waals surface area contributed by atoms with Gasteiger partial charge in [-0.05, 0) is 204 Å². The minimum atomic E-state index is -0.321. The van der Waals surface area contributed by atoms with Gasteiger partial charge in [-0.3, -0.25) is 0 Å². The molecule has 0 amide bonds. The number of hydrogen-bond donors (Lipinski definition) is 0. The third-order valence-electron chi connectivity index (χ3n) is 22.9. The van der Waals surface area contributed by atoms with E-state index in [2.05, 4.69) is 412 Å². The molecule has 0 radical (unpaired) electrons. The van der Waals surface area contributed by atoms with E-state index in [9.17, 15) is 0 Å². The summed E-state index contributed by atoms with van der Waals surface area (Å²) >= 11 is 1.88. The first-order valence-electron chi connectivity index (χ1n) is 38.2. The largest absolute Gasteiger partial charge is 0.310 e. The maximum atomic E-state index is 2.75. The molecule has 0 bridgehead atoms. The number of nitrogens with zero attached hydrogens (tertiary/aromatic N) is 2. The molecule has 0 unspecified atom stereocenters. The van der Waals surface area contributed by atoms with Gasteiger partial charge in [0.05, 0.1) is 11.4 Å². The molecule has 108 heavy (non-hydrogen) atoms. The van der Waals surface area contributed by atoms with Crippen LogP contribution in [-0.4, -0.2) is 6.71 Å². The zero-order chi connectivity index (χ0) is 73.3. The maximum Gasteiger partial charge on any atom is 0.252 e. The van der Waals surface area contributed by atoms with Crippen molar-refractivity contribution < 1.29 is 0 Å². The van der Waals surface area contributed by atoms with Gasteiger partial charge in [0.25, 0.3) is 6.71 Å². The minimum absolute atomic E-state index is 0.182. The SMILES string of the molecule is CC(C)(C)c1cc(-c2ccccc2)c(N2c3ccc(-c4cccc5sc6ccccc6c45)cc3B3c4ccc(-c5ccc6c(-c7ccccc7)c7ccccc7c(-c7ccccc7)c6c5)cc4N(c4c(-c5ccccc5)cc(C(C)(C)C)cc4-c4ccccc4)c4cc(C(C)(C)C)cc2c43)c(-c2ccccc2)c1. The van der Waals surface area contributed by atoms with Gasteiger partial charge < -0.3 is 9.80 Å². The number of fused-ring (bicyclic) bond motifs is 9. The highest BCUT2D eigenvalue weighted by Crippen LogP contribution is 2.57. The summed E-state index contributed by atoms with van der Waals surface area (Å²) < 4.78 is 2.58. The monoisotopic (exact) mass is 1400 g/mol. The second kappa shape index (κ2) is 25.9. The van der Waals surface area contributed by atoms with Gasteiger partial charge >= 0.3 is 0 Å². The molecule has 0 N–H and O–H groups in total. The normalized spacial score (nSPS) is 12.8. The van der Waals surface area contributed by atoms with Gasteiger partial charge in [0.1, 0.15) is 0 Å². The van der Waals surface area contributed by atoms with Gasteiger partial charge in [-0.1, -0.05) is 335 Å². The lowest BCUT2D eigenvalue weighted by Crippen LogP contribution is -2.61. The third kappa shape index (κ3) is 11.2. The molecule has 2 aliphatic heterocycles. The van der Waals surface area contributed by atoms with Crippen LogP contribution in [0.25, 0.3) is 131 Å². The van der Waals surface area contributed by atoms with Crippen molar-refractivity contribution in [3.05, 3.63) is 356 Å². The summed E-state index contributed by atoms with van der Waals surface area (Å²) in [4.78, 5) is 5.48. The Bertz CT molecular complexity index is 6280. The minimum Gasteiger partial charge on any atom is -0.310 e. The standard InChI is InChI=1S/C104H83BN2S/c1-102(2,3)75-60-83(66-33-16-10-17-34-66)100(84(61-75)67-35-18-11-19-36-67)106-90-56-53-74(78-48-32-50-95-98(78)82-47-30-31-49-94(82)108-95)58-89(90)105-88-55-52-73(72-51-54-81-87(57-72)97(71-43-26-15-27-44-71)80-46-29-28-45-79(80)96(81)70-41-24-14-25-42-70)59-91(88)107(93-65-77(104(7,8)9)64-92(106)99(93)105)101-85(68-37-20-12-21-38-68)62-76(103(4,5)6)63-86(101)69-39-22-13-23-40-69/h10-65H,1-9H3. The summed E-state index contributed by atoms with van der Waals surface area (Å²) in [5, 5.41) is 7.50. The molecule has 2 nitrogen and oxygen atoms in total. The van der Waals surface area contributed by atoms with E-state index in [-0.39, 0.29) is 23.0 Å². The maximum absolute atomic E-state index is 2.75. The van der Waals surface area contributed by atoms with Crippen LogP contribution in [0.2, 0.25) is 0 Å². The van der Waals surface area contributed by atoms with Crippen LogP contribution in [0.4, 0.5) is 34.1 Å². The number of hydrogen-bond acceptors (Lipinski definition) is 3. The van der Waals surface area contributed by atoms with E-state index in [0.29, 0.717) is 0 Å². The molecule has 4 heteroatoms. The van der Waals surface area contributed by atoms with Crippen LogP contribution in [0.15, 0.2) is 340 Å². The van der Waals surface area contributed by atoms with Crippen molar-refractivity contribution in [2.24, 2.45) is 0 Å². The fourth-order valence-corrected chi connectivity index (χ4v) is 18.6. The first-order chi connectivity index (χ1) is 52.5. The molecule has 0 atom stereocenters. The lowest BCUT2D eigenvalue weighted by atomic mass is 9.33. The van der Waals surface area contributed by atoms with Crippen LogP contribution < -0.4 is 26.2 Å². The summed E-state index contributed by atoms with van der Waals surface area (Å²) in [6, 6.07) is 130. The lowest BCUT2D eigenvalue weighted by molar-refractivity contribution is 0.590. The number of anilines is 6. The Hall–Kier alpha value is -12.1. The second-order valence-corrected chi connectivity index (χ2v) is 33.8. The highest BCUT2D eigenvalue weighted by atomic mass is 32.1. The van der Waals surface area contributed by atoms with Crippen molar-refractivity contribution in [1.29, 1.82) is 0 Å². The molecule has 19 rings (SSSR count). The Labute approximate surface area is 639 Å². The highest BCUT2D eigenvalue weighted by Gasteiger charge is 2.47. The Morgan fingerprint density at radius 3 is 1.10 bits per heavy atom. The summed E-state index contributed by atoms with van der Waals surface area (Å²) in [5.74, 6) is 0. The molecule has 0 fully saturated rings. The summed E-state index contributed by atoms with van der Waals surface area (Å²) in [6.45, 7) is 21.1. The molecular formula is C104H83BN2S. The molecule has 17 aromatic rings. The van der Waals surface area contributed by atoms with Gasteiger partial charge in [0, 0.05) is 65.2 Å². The molecule has 0 spiro atoms. The molecule has 518 valence electrons. The molecule has 3 heterocycles. The predicted molar refractivity (Wildman–Crippen MR) is 468 cm³/mol. The van der Waals surface area contributed by atoms with Crippen LogP contribution in [0.5, 0.6) is 0 Å². The van der Waals surface area contributed by atoms with Crippen molar-refractivity contribution in [1.82, 2.24) is 0 Å². The zero-order valence-corrected chi connectivity index (χ0v) is 63.5. The third-order valence-corrected chi connectivity index (χ3v) is 24.0. The molecule has 0 aliphatic carbocycles. The van der Waals surface area contributed by atoms with Crippen molar-refractivity contribution >= 4 is 110 Å². The fraction of sp³-hybridized carbons (Fsp3) is 0.115. The summed E-state index contributed by atoms with van der Waals surface area (Å²) in [5.41, 5.74) is 32.7. The number of rotatable bonds is 10. The molecule has 16 aromatic carbocycles. The molecule has 2 aliphatic rings. The van der Waals surface area contributed by atoms with Crippen molar-refractivity contribution in [3.63, 3.8) is 0 Å². The molecule has 0 saturated carbocycles. The Morgan fingerprint density at radius 1 is 0.241 bits per heavy atom. The summed E-state index contributed by atoms with van der Waals surface area (Å²) in [7, 11) is 0. The van der Waals surface area contributed by atoms with Gasteiger partial charge in [-0.15, -0.1) is 11.3 Å². The first kappa shape index (κ1) is 66.6. The van der Waals surface area contributed by atoms with E-state index in [4.69, 9.17) is 0 Å². The summed E-state index contributed by atoms with van der Waals surface area (Å²) in [6.07, 6.45) is 0. The van der Waals surface area contributed by atoms with E-state index in [1.165, 1.54) is 147 Å². The smallest absolute Gasteiger partial charge is 0.252 e. The van der Waals surface area contributed by atoms with Gasteiger partial charge in [-0.25, -0.2) is 0 Å². The number of thiophene rings is 1. The molecule has 1 aromatic heterocycles. The Kier molecular flexibility index (Phi) is 16.0. The van der Waals surface area contributed by atoms with E-state index >= 15 is 0 Å². The lowest BCUT2D eigenvalue weighted by Gasteiger charge is -2.47. The van der Waals surface area contributed by atoms with Crippen LogP contribution in [0.1, 0.15) is 79.0 Å². The first-order valence-corrected chi connectivity index (χ1v) is 39.0. The number of benzene rings is 16. The van der Waals surface area contributed by atoms with Crippen molar-refractivity contribution in [2.75, 3.05) is 9.80 Å². The topological polar surface area (TPSA) is 6.48 Å². The van der Waals surface area contributed by atoms with E-state index < -0.39 is 0 Å². The second-order valence-electron chi connectivity index (χ2n) is 32.7. The zero-order valence-electron chi connectivity index (χ0n) is 62.7. The fourth-order valence-electron chi connectivity index (χ4n) is 17.4. The van der Waals surface area contributed by atoms with Crippen LogP contribution in [0.3, 0.4) is 0 Å².